The summed E-state index contributed by atoms with van der Waals surface area (Å²) in [4.78, 5) is 16.2. The summed E-state index contributed by atoms with van der Waals surface area (Å²) < 4.78 is 5.25. The van der Waals surface area contributed by atoms with Gasteiger partial charge in [-0.25, -0.2) is 4.98 Å². The highest BCUT2D eigenvalue weighted by Gasteiger charge is 2.15. The summed E-state index contributed by atoms with van der Waals surface area (Å²) in [6.45, 7) is 3.78. The monoisotopic (exact) mass is 279 g/mol. The van der Waals surface area contributed by atoms with Crippen LogP contribution in [-0.4, -0.2) is 16.9 Å². The van der Waals surface area contributed by atoms with Gasteiger partial charge in [-0.2, -0.15) is 0 Å². The van der Waals surface area contributed by atoms with Crippen LogP contribution in [0.2, 0.25) is 0 Å². The molecule has 2 aromatic heterocycles. The molecule has 1 amide bonds. The van der Waals surface area contributed by atoms with Crippen molar-refractivity contribution < 1.29 is 9.21 Å². The van der Waals surface area contributed by atoms with Crippen molar-refractivity contribution in [1.29, 1.82) is 0 Å². The van der Waals surface area contributed by atoms with Crippen LogP contribution in [0.1, 0.15) is 41.1 Å². The smallest absolute Gasteiger partial charge is 0.270 e. The lowest BCUT2D eigenvalue weighted by Gasteiger charge is -2.11. The summed E-state index contributed by atoms with van der Waals surface area (Å²) in [5.74, 6) is 0.671. The second-order valence-corrected chi connectivity index (χ2v) is 5.41. The predicted molar refractivity (Wildman–Crippen MR) is 74.1 cm³/mol. The maximum absolute atomic E-state index is 12.0. The summed E-state index contributed by atoms with van der Waals surface area (Å²) in [5.41, 5.74) is 6.14. The fourth-order valence-corrected chi connectivity index (χ4v) is 2.44. The number of carbonyl (C=O) groups is 1. The van der Waals surface area contributed by atoms with E-state index in [-0.39, 0.29) is 18.0 Å². The van der Waals surface area contributed by atoms with Crippen molar-refractivity contribution >= 4 is 17.2 Å². The highest BCUT2D eigenvalue weighted by Crippen LogP contribution is 2.16. The van der Waals surface area contributed by atoms with E-state index in [0.717, 1.165) is 10.8 Å². The van der Waals surface area contributed by atoms with E-state index < -0.39 is 0 Å². The Morgan fingerprint density at radius 3 is 2.95 bits per heavy atom. The number of nitrogens with two attached hydrogens (primary N) is 1. The molecule has 0 spiro atoms. The molecule has 0 aliphatic rings. The van der Waals surface area contributed by atoms with E-state index in [4.69, 9.17) is 10.2 Å². The van der Waals surface area contributed by atoms with Crippen LogP contribution < -0.4 is 11.1 Å². The van der Waals surface area contributed by atoms with Crippen LogP contribution in [0, 0.1) is 0 Å². The minimum Gasteiger partial charge on any atom is -0.469 e. The number of aromatic nitrogens is 1. The number of thiazole rings is 1. The highest BCUT2D eigenvalue weighted by atomic mass is 32.1. The molecule has 19 heavy (non-hydrogen) atoms. The summed E-state index contributed by atoms with van der Waals surface area (Å²) in [7, 11) is 0. The van der Waals surface area contributed by atoms with Crippen LogP contribution in [0.15, 0.2) is 28.2 Å². The third kappa shape index (κ3) is 3.65. The van der Waals surface area contributed by atoms with E-state index in [1.165, 1.54) is 11.3 Å². The molecule has 0 saturated heterocycles. The first kappa shape index (κ1) is 13.8. The zero-order valence-electron chi connectivity index (χ0n) is 10.9. The summed E-state index contributed by atoms with van der Waals surface area (Å²) >= 11 is 1.40. The molecular weight excluding hydrogens is 262 g/mol. The lowest BCUT2D eigenvalue weighted by Crippen LogP contribution is -2.34. The van der Waals surface area contributed by atoms with E-state index in [9.17, 15) is 4.79 Å². The minimum absolute atomic E-state index is 0.0147. The van der Waals surface area contributed by atoms with Crippen LogP contribution in [0.25, 0.3) is 0 Å². The average molecular weight is 279 g/mol. The Kier molecular flexibility index (Phi) is 4.34. The quantitative estimate of drug-likeness (QED) is 0.878. The Morgan fingerprint density at radius 2 is 2.37 bits per heavy atom. The van der Waals surface area contributed by atoms with Gasteiger partial charge in [-0.05, 0) is 26.0 Å². The fourth-order valence-electron chi connectivity index (χ4n) is 1.68. The van der Waals surface area contributed by atoms with Gasteiger partial charge in [0.1, 0.15) is 16.5 Å². The Hall–Kier alpha value is -1.66. The molecule has 3 N–H and O–H groups in total. The summed E-state index contributed by atoms with van der Waals surface area (Å²) in [5, 5.41) is 5.39. The lowest BCUT2D eigenvalue weighted by atomic mass is 10.2. The summed E-state index contributed by atoms with van der Waals surface area (Å²) in [6, 6.07) is 3.56. The minimum atomic E-state index is -0.179. The van der Waals surface area contributed by atoms with Crippen LogP contribution >= 0.6 is 11.3 Å². The molecule has 2 unspecified atom stereocenters. The molecule has 2 aromatic rings. The number of rotatable bonds is 5. The molecule has 0 aliphatic carbocycles. The van der Waals surface area contributed by atoms with Crippen molar-refractivity contribution in [3.8, 4) is 0 Å². The van der Waals surface area contributed by atoms with Gasteiger partial charge < -0.3 is 15.5 Å². The first-order valence-electron chi connectivity index (χ1n) is 6.10. The van der Waals surface area contributed by atoms with Crippen molar-refractivity contribution in [3.05, 3.63) is 40.2 Å². The number of nitrogens with one attached hydrogen (secondary N) is 1. The number of hydrogen-bond acceptors (Lipinski definition) is 5. The van der Waals surface area contributed by atoms with Crippen LogP contribution in [0.3, 0.4) is 0 Å². The number of nitrogens with zero attached hydrogens (tertiary/aromatic N) is 1. The molecule has 0 bridgehead atoms. The molecule has 0 aromatic carbocycles. The molecule has 102 valence electrons. The van der Waals surface area contributed by atoms with Gasteiger partial charge in [0.15, 0.2) is 0 Å². The van der Waals surface area contributed by atoms with Gasteiger partial charge in [0.05, 0.1) is 12.3 Å². The van der Waals surface area contributed by atoms with Crippen molar-refractivity contribution in [2.45, 2.75) is 32.4 Å². The van der Waals surface area contributed by atoms with Gasteiger partial charge in [-0.3, -0.25) is 4.79 Å². The molecule has 2 atom stereocenters. The Morgan fingerprint density at radius 1 is 1.58 bits per heavy atom. The molecule has 0 radical (unpaired) electrons. The zero-order valence-corrected chi connectivity index (χ0v) is 11.7. The second-order valence-electron chi connectivity index (χ2n) is 4.52. The standard InChI is InChI=1S/C13H17N3O2S/c1-8(6-10-4-3-5-18-10)15-12(17)11-7-19-13(16-11)9(2)14/h3-5,7-9H,6,14H2,1-2H3,(H,15,17). The normalized spacial score (nSPS) is 14.1. The molecule has 6 heteroatoms. The van der Waals surface area contributed by atoms with Crippen LogP contribution in [0.4, 0.5) is 0 Å². The molecule has 0 saturated carbocycles. The maximum Gasteiger partial charge on any atom is 0.270 e. The molecule has 2 rings (SSSR count). The zero-order chi connectivity index (χ0) is 13.8. The molecule has 0 aliphatic heterocycles. The van der Waals surface area contributed by atoms with Gasteiger partial charge in [-0.15, -0.1) is 11.3 Å². The van der Waals surface area contributed by atoms with Crippen molar-refractivity contribution in [2.24, 2.45) is 5.73 Å². The first-order valence-corrected chi connectivity index (χ1v) is 6.98. The second kappa shape index (κ2) is 5.99. The van der Waals surface area contributed by atoms with E-state index in [0.29, 0.717) is 12.1 Å². The molecular formula is C13H17N3O2S. The van der Waals surface area contributed by atoms with Crippen molar-refractivity contribution in [3.63, 3.8) is 0 Å². The third-order valence-electron chi connectivity index (χ3n) is 2.61. The molecule has 0 fully saturated rings. The SMILES string of the molecule is CC(Cc1ccco1)NC(=O)c1csc(C(C)N)n1. The van der Waals surface area contributed by atoms with Gasteiger partial charge in [0, 0.05) is 17.8 Å². The van der Waals surface area contributed by atoms with Gasteiger partial charge >= 0.3 is 0 Å². The van der Waals surface area contributed by atoms with Gasteiger partial charge in [0.25, 0.3) is 5.91 Å². The number of carbonyl (C=O) groups excluding carboxylic acids is 1. The van der Waals surface area contributed by atoms with Gasteiger partial charge in [-0.1, -0.05) is 0 Å². The number of hydrogen-bond donors (Lipinski definition) is 2. The third-order valence-corrected chi connectivity index (χ3v) is 3.65. The van der Waals surface area contributed by atoms with E-state index >= 15 is 0 Å². The number of amides is 1. The Labute approximate surface area is 115 Å². The first-order chi connectivity index (χ1) is 9.06. The number of furan rings is 1. The van der Waals surface area contributed by atoms with E-state index in [1.54, 1.807) is 11.6 Å². The summed E-state index contributed by atoms with van der Waals surface area (Å²) in [6.07, 6.45) is 2.28. The van der Waals surface area contributed by atoms with Crippen molar-refractivity contribution in [2.75, 3.05) is 0 Å². The Balaban J connectivity index is 1.92. The topological polar surface area (TPSA) is 81.2 Å². The maximum atomic E-state index is 12.0. The van der Waals surface area contributed by atoms with Crippen molar-refractivity contribution in [1.82, 2.24) is 10.3 Å². The highest BCUT2D eigenvalue weighted by molar-refractivity contribution is 7.09. The van der Waals surface area contributed by atoms with E-state index in [1.807, 2.05) is 26.0 Å². The Bertz CT molecular complexity index is 534. The predicted octanol–water partition coefficient (Wildman–Crippen LogP) is 2.12. The van der Waals surface area contributed by atoms with Crippen LogP contribution in [0.5, 0.6) is 0 Å². The fraction of sp³-hybridized carbons (Fsp3) is 0.385. The molecule has 5 nitrogen and oxygen atoms in total. The van der Waals surface area contributed by atoms with Crippen LogP contribution in [-0.2, 0) is 6.42 Å². The largest absolute Gasteiger partial charge is 0.469 e. The lowest BCUT2D eigenvalue weighted by molar-refractivity contribution is 0.0934. The van der Waals surface area contributed by atoms with E-state index in [2.05, 4.69) is 10.3 Å². The average Bonchev–Trinajstić information content (AvgIpc) is 2.98. The molecule has 2 heterocycles. The van der Waals surface area contributed by atoms with Gasteiger partial charge in [0.2, 0.25) is 0 Å².